The molecule has 0 spiro atoms. The molecule has 3 aromatic rings. The molecule has 1 heterocycles. The molecule has 0 fully saturated rings. The molecule has 0 saturated carbocycles. The third-order valence-electron chi connectivity index (χ3n) is 6.03. The second-order valence-corrected chi connectivity index (χ2v) is 8.22. The van der Waals surface area contributed by atoms with Crippen molar-refractivity contribution in [3.63, 3.8) is 0 Å². The van der Waals surface area contributed by atoms with Crippen molar-refractivity contribution < 1.29 is 0 Å². The summed E-state index contributed by atoms with van der Waals surface area (Å²) in [6.07, 6.45) is 2.02. The Hall–Kier alpha value is -3.92. The van der Waals surface area contributed by atoms with Crippen LogP contribution >= 0.6 is 0 Å². The van der Waals surface area contributed by atoms with Crippen molar-refractivity contribution in [3.05, 3.63) is 102 Å². The molecule has 33 heavy (non-hydrogen) atoms. The van der Waals surface area contributed by atoms with Crippen LogP contribution in [0.2, 0.25) is 0 Å². The molecule has 5 rings (SSSR count). The van der Waals surface area contributed by atoms with Gasteiger partial charge in [0.25, 0.3) is 0 Å². The summed E-state index contributed by atoms with van der Waals surface area (Å²) in [7, 11) is 0. The molecule has 2 aliphatic rings. The van der Waals surface area contributed by atoms with E-state index in [1.807, 2.05) is 30.3 Å². The summed E-state index contributed by atoms with van der Waals surface area (Å²) in [5.41, 5.74) is 7.14. The lowest BCUT2D eigenvalue weighted by molar-refractivity contribution is 0.617. The molecule has 0 amide bonds. The van der Waals surface area contributed by atoms with Gasteiger partial charge in [0.15, 0.2) is 0 Å². The Morgan fingerprint density at radius 1 is 0.818 bits per heavy atom. The minimum atomic E-state index is 0.275. The van der Waals surface area contributed by atoms with Crippen LogP contribution in [0.15, 0.2) is 102 Å². The standard InChI is InChI=1S/C29H28N4/c1-3-21(4-2)30-26-20-29-27(19-25(26)31-22-13-7-5-8-14-22)32-24-17-11-12-18-28(24)33(29)23-15-9-6-10-16-23/h5-21,31H,3-4H2,1-2H3. The van der Waals surface area contributed by atoms with E-state index in [0.29, 0.717) is 0 Å². The van der Waals surface area contributed by atoms with E-state index in [9.17, 15) is 0 Å². The van der Waals surface area contributed by atoms with E-state index in [1.54, 1.807) is 0 Å². The number of fused-ring (bicyclic) bond motifs is 2. The van der Waals surface area contributed by atoms with Gasteiger partial charge >= 0.3 is 0 Å². The van der Waals surface area contributed by atoms with Gasteiger partial charge in [0.05, 0.1) is 39.5 Å². The monoisotopic (exact) mass is 432 g/mol. The van der Waals surface area contributed by atoms with Crippen LogP contribution < -0.4 is 10.7 Å². The summed E-state index contributed by atoms with van der Waals surface area (Å²) in [6.45, 7) is 4.39. The Balaban J connectivity index is 1.83. The molecule has 4 nitrogen and oxygen atoms in total. The van der Waals surface area contributed by atoms with Crippen molar-refractivity contribution in [1.29, 1.82) is 0 Å². The van der Waals surface area contributed by atoms with Crippen molar-refractivity contribution in [2.45, 2.75) is 32.7 Å². The Morgan fingerprint density at radius 3 is 2.21 bits per heavy atom. The lowest BCUT2D eigenvalue weighted by Gasteiger charge is -2.20. The third kappa shape index (κ3) is 4.24. The van der Waals surface area contributed by atoms with E-state index in [2.05, 4.69) is 90.5 Å². The van der Waals surface area contributed by atoms with Gasteiger partial charge in [-0.25, -0.2) is 4.98 Å². The van der Waals surface area contributed by atoms with Gasteiger partial charge in [-0.3, -0.25) is 4.99 Å². The minimum absolute atomic E-state index is 0.275. The number of anilines is 2. The number of para-hydroxylation sites is 4. The van der Waals surface area contributed by atoms with Gasteiger partial charge in [-0.1, -0.05) is 62.4 Å². The quantitative estimate of drug-likeness (QED) is 0.295. The van der Waals surface area contributed by atoms with Gasteiger partial charge in [0.1, 0.15) is 0 Å². The maximum atomic E-state index is 5.15. The molecule has 4 heteroatoms. The molecular weight excluding hydrogens is 404 g/mol. The number of nitrogens with one attached hydrogen (secondary N) is 1. The molecule has 1 N–H and O–H groups in total. The second-order valence-electron chi connectivity index (χ2n) is 8.22. The number of benzene rings is 4. The molecular formula is C29H28N4. The molecule has 0 radical (unpaired) electrons. The number of nitrogens with zero attached hydrogens (tertiary/aromatic N) is 3. The first-order chi connectivity index (χ1) is 16.3. The molecule has 0 aromatic heterocycles. The Kier molecular flexibility index (Phi) is 5.90. The van der Waals surface area contributed by atoms with Gasteiger partial charge in [0.2, 0.25) is 0 Å². The summed E-state index contributed by atoms with van der Waals surface area (Å²) in [5, 5.41) is 4.54. The average molecular weight is 433 g/mol. The van der Waals surface area contributed by atoms with Gasteiger partial charge < -0.3 is 9.88 Å². The molecule has 0 unspecified atom stereocenters. The maximum Gasteiger partial charge on any atom is 0.0900 e. The molecule has 1 aliphatic heterocycles. The predicted octanol–water partition coefficient (Wildman–Crippen LogP) is 6.96. The summed E-state index contributed by atoms with van der Waals surface area (Å²) in [4.78, 5) is 10.2. The van der Waals surface area contributed by atoms with Crippen LogP contribution in [0, 0.1) is 0 Å². The largest absolute Gasteiger partial charge is 0.354 e. The van der Waals surface area contributed by atoms with Crippen molar-refractivity contribution in [1.82, 2.24) is 9.55 Å². The molecule has 0 bridgehead atoms. The van der Waals surface area contributed by atoms with Crippen molar-refractivity contribution in [2.75, 3.05) is 5.32 Å². The highest BCUT2D eigenvalue weighted by Gasteiger charge is 2.17. The zero-order chi connectivity index (χ0) is 22.6. The highest BCUT2D eigenvalue weighted by Crippen LogP contribution is 2.30. The Labute approximate surface area is 194 Å². The van der Waals surface area contributed by atoms with E-state index in [1.165, 1.54) is 0 Å². The first-order valence-corrected chi connectivity index (χ1v) is 11.6. The van der Waals surface area contributed by atoms with Crippen LogP contribution in [0.25, 0.3) is 28.1 Å². The van der Waals surface area contributed by atoms with Crippen LogP contribution in [0.4, 0.5) is 11.4 Å². The topological polar surface area (TPSA) is 42.2 Å². The summed E-state index contributed by atoms with van der Waals surface area (Å²) >= 11 is 0. The lowest BCUT2D eigenvalue weighted by atomic mass is 10.1. The fraction of sp³-hybridized carbons (Fsp3) is 0.172. The van der Waals surface area contributed by atoms with Crippen molar-refractivity contribution in [2.24, 2.45) is 4.99 Å². The van der Waals surface area contributed by atoms with Crippen LogP contribution in [-0.2, 0) is 0 Å². The Morgan fingerprint density at radius 2 is 1.48 bits per heavy atom. The van der Waals surface area contributed by atoms with Crippen molar-refractivity contribution >= 4 is 22.4 Å². The first-order valence-electron chi connectivity index (χ1n) is 11.6. The highest BCUT2D eigenvalue weighted by molar-refractivity contribution is 5.84. The second kappa shape index (κ2) is 9.29. The molecule has 1 aliphatic carbocycles. The first kappa shape index (κ1) is 21.0. The van der Waals surface area contributed by atoms with Crippen LogP contribution in [0.5, 0.6) is 0 Å². The zero-order valence-corrected chi connectivity index (χ0v) is 19.1. The van der Waals surface area contributed by atoms with Gasteiger partial charge in [-0.15, -0.1) is 0 Å². The molecule has 164 valence electrons. The lowest BCUT2D eigenvalue weighted by Crippen LogP contribution is -2.17. The van der Waals surface area contributed by atoms with E-state index in [-0.39, 0.29) is 6.04 Å². The Bertz CT molecular complexity index is 1400. The van der Waals surface area contributed by atoms with Gasteiger partial charge in [-0.2, -0.15) is 0 Å². The van der Waals surface area contributed by atoms with E-state index in [4.69, 9.17) is 9.98 Å². The van der Waals surface area contributed by atoms with E-state index >= 15 is 0 Å². The smallest absolute Gasteiger partial charge is 0.0900 e. The molecule has 0 atom stereocenters. The van der Waals surface area contributed by atoms with E-state index in [0.717, 1.165) is 57.7 Å². The number of aromatic nitrogens is 2. The molecule has 3 aromatic carbocycles. The molecule has 0 saturated heterocycles. The van der Waals surface area contributed by atoms with Crippen LogP contribution in [0.1, 0.15) is 26.7 Å². The maximum absolute atomic E-state index is 5.15. The van der Waals surface area contributed by atoms with Crippen LogP contribution in [0.3, 0.4) is 0 Å². The summed E-state index contributed by atoms with van der Waals surface area (Å²) in [6, 6.07) is 33.6. The predicted molar refractivity (Wildman–Crippen MR) is 137 cm³/mol. The number of rotatable bonds is 6. The fourth-order valence-corrected chi connectivity index (χ4v) is 4.25. The zero-order valence-electron chi connectivity index (χ0n) is 19.1. The SMILES string of the molecule is CCC(CC)N=c1cc2n(-c3ccccc3)c3ccccc3nc-2cc1Nc1ccccc1. The fourth-order valence-electron chi connectivity index (χ4n) is 4.25. The average Bonchev–Trinajstić information content (AvgIpc) is 2.87. The normalized spacial score (nSPS) is 12.0. The number of hydrogen-bond donors (Lipinski definition) is 1. The third-order valence-corrected chi connectivity index (χ3v) is 6.03. The highest BCUT2D eigenvalue weighted by atomic mass is 15.0. The summed E-state index contributed by atoms with van der Waals surface area (Å²) < 4.78 is 2.29. The van der Waals surface area contributed by atoms with Crippen molar-refractivity contribution in [3.8, 4) is 17.1 Å². The minimum Gasteiger partial charge on any atom is -0.354 e. The van der Waals surface area contributed by atoms with E-state index < -0.39 is 0 Å². The van der Waals surface area contributed by atoms with Gasteiger partial charge in [-0.05, 0) is 61.4 Å². The summed E-state index contributed by atoms with van der Waals surface area (Å²) in [5.74, 6) is 0. The number of hydrogen-bond acceptors (Lipinski definition) is 3. The van der Waals surface area contributed by atoms with Crippen LogP contribution in [-0.4, -0.2) is 15.6 Å². The van der Waals surface area contributed by atoms with Gasteiger partial charge in [0, 0.05) is 11.4 Å².